The summed E-state index contributed by atoms with van der Waals surface area (Å²) in [6.45, 7) is -0.495. The third-order valence-corrected chi connectivity index (χ3v) is 4.33. The maximum atomic E-state index is 12.1. The summed E-state index contributed by atoms with van der Waals surface area (Å²) in [5, 5.41) is 9.31. The molecular formula is C11H16N5O7P. The van der Waals surface area contributed by atoms with Crippen LogP contribution in [0.1, 0.15) is 12.6 Å². The predicted molar refractivity (Wildman–Crippen MR) is 79.7 cm³/mol. The number of hydrogen-bond acceptors (Lipinski definition) is 8. The van der Waals surface area contributed by atoms with E-state index < -0.39 is 38.4 Å². The number of hydrogen-bond donors (Lipinski definition) is 4. The van der Waals surface area contributed by atoms with Crippen molar-refractivity contribution in [3.8, 4) is 0 Å². The summed E-state index contributed by atoms with van der Waals surface area (Å²) in [7, 11) is -3.28. The molecule has 0 saturated carbocycles. The Kier molecular flexibility index (Phi) is 4.20. The molecule has 1 fully saturated rings. The first-order valence-electron chi connectivity index (χ1n) is 6.90. The number of imidazole rings is 1. The number of phosphoric acid groups is 1. The van der Waals surface area contributed by atoms with Crippen molar-refractivity contribution in [2.75, 3.05) is 12.3 Å². The molecule has 3 heterocycles. The summed E-state index contributed by atoms with van der Waals surface area (Å²) >= 11 is 0. The van der Waals surface area contributed by atoms with Crippen LogP contribution < -0.4 is 11.3 Å². The standard InChI is InChI=1S/C11H16N5O7P/c1-15-10(18)8-9(14-11(15)12)16(4-13-8)7-2-5(6(3-17)22-7)23-24(19,20)21/h4-7,17H,2-3H2,1H3,(H2,12,14)(H2,19,20,21)/t5-,6+,7+/m0/s1. The number of aromatic nitrogens is 4. The average Bonchev–Trinajstić information content (AvgIpc) is 3.07. The van der Waals surface area contributed by atoms with Crippen molar-refractivity contribution < 1.29 is 28.7 Å². The lowest BCUT2D eigenvalue weighted by atomic mass is 10.2. The van der Waals surface area contributed by atoms with E-state index in [2.05, 4.69) is 14.5 Å². The summed E-state index contributed by atoms with van der Waals surface area (Å²) in [6, 6.07) is 0. The zero-order valence-electron chi connectivity index (χ0n) is 12.5. The molecule has 0 amide bonds. The number of phosphoric ester groups is 1. The lowest BCUT2D eigenvalue weighted by molar-refractivity contribution is -0.0425. The summed E-state index contributed by atoms with van der Waals surface area (Å²) in [5.41, 5.74) is 5.50. The Morgan fingerprint density at radius 2 is 2.25 bits per heavy atom. The first-order valence-corrected chi connectivity index (χ1v) is 8.43. The molecule has 0 spiro atoms. The fourth-order valence-corrected chi connectivity index (χ4v) is 3.17. The fourth-order valence-electron chi connectivity index (χ4n) is 2.60. The van der Waals surface area contributed by atoms with Crippen molar-refractivity contribution >= 4 is 24.9 Å². The number of fused-ring (bicyclic) bond motifs is 1. The highest BCUT2D eigenvalue weighted by atomic mass is 31.2. The van der Waals surface area contributed by atoms with E-state index in [9.17, 15) is 14.5 Å². The molecule has 24 heavy (non-hydrogen) atoms. The van der Waals surface area contributed by atoms with E-state index in [1.54, 1.807) is 0 Å². The monoisotopic (exact) mass is 361 g/mol. The van der Waals surface area contributed by atoms with Gasteiger partial charge in [-0.3, -0.25) is 18.5 Å². The van der Waals surface area contributed by atoms with Gasteiger partial charge in [0.25, 0.3) is 5.56 Å². The maximum Gasteiger partial charge on any atom is 0.469 e. The largest absolute Gasteiger partial charge is 0.469 e. The second-order valence-corrected chi connectivity index (χ2v) is 6.53. The SMILES string of the molecule is Cn1c(N)nc2c(ncn2[C@H]2C[C@H](OP(=O)(O)O)[C@@H](CO)O2)c1=O. The van der Waals surface area contributed by atoms with E-state index in [1.807, 2.05) is 0 Å². The molecule has 0 aliphatic carbocycles. The van der Waals surface area contributed by atoms with Crippen LogP contribution in [0.15, 0.2) is 11.1 Å². The lowest BCUT2D eigenvalue weighted by Crippen LogP contribution is -2.26. The molecule has 132 valence electrons. The van der Waals surface area contributed by atoms with Gasteiger partial charge in [0, 0.05) is 13.5 Å². The van der Waals surface area contributed by atoms with Gasteiger partial charge in [0.15, 0.2) is 11.2 Å². The number of aliphatic hydroxyl groups is 1. The van der Waals surface area contributed by atoms with Gasteiger partial charge in [-0.15, -0.1) is 0 Å². The van der Waals surface area contributed by atoms with Gasteiger partial charge in [0.05, 0.1) is 12.9 Å². The molecule has 13 heteroatoms. The molecule has 1 aliphatic heterocycles. The number of nitrogens with two attached hydrogens (primary N) is 1. The van der Waals surface area contributed by atoms with Gasteiger partial charge in [0.1, 0.15) is 18.4 Å². The fraction of sp³-hybridized carbons (Fsp3) is 0.545. The zero-order chi connectivity index (χ0) is 17.6. The topological polar surface area (TPSA) is 175 Å². The number of nitrogen functional groups attached to an aromatic ring is 1. The Bertz CT molecular complexity index is 874. The van der Waals surface area contributed by atoms with Crippen LogP contribution in [-0.4, -0.2) is 52.8 Å². The van der Waals surface area contributed by atoms with E-state index in [0.717, 1.165) is 4.57 Å². The number of anilines is 1. The molecule has 0 radical (unpaired) electrons. The van der Waals surface area contributed by atoms with Gasteiger partial charge in [0.2, 0.25) is 5.95 Å². The summed E-state index contributed by atoms with van der Waals surface area (Å²) < 4.78 is 23.8. The van der Waals surface area contributed by atoms with E-state index >= 15 is 0 Å². The number of rotatable bonds is 4. The van der Waals surface area contributed by atoms with E-state index in [1.165, 1.54) is 17.9 Å². The highest BCUT2D eigenvalue weighted by Gasteiger charge is 2.40. The summed E-state index contributed by atoms with van der Waals surface area (Å²) in [6.07, 6.45) is -1.40. The number of nitrogens with zero attached hydrogens (tertiary/aromatic N) is 4. The van der Waals surface area contributed by atoms with Gasteiger partial charge in [-0.1, -0.05) is 0 Å². The summed E-state index contributed by atoms with van der Waals surface area (Å²) in [5.74, 6) is -0.0195. The third kappa shape index (κ3) is 2.95. The van der Waals surface area contributed by atoms with Crippen molar-refractivity contribution in [3.05, 3.63) is 16.7 Å². The van der Waals surface area contributed by atoms with E-state index in [0.29, 0.717) is 0 Å². The molecule has 5 N–H and O–H groups in total. The van der Waals surface area contributed by atoms with Crippen molar-refractivity contribution in [1.82, 2.24) is 19.1 Å². The molecule has 2 aromatic rings. The predicted octanol–water partition coefficient (Wildman–Crippen LogP) is -1.53. The lowest BCUT2D eigenvalue weighted by Gasteiger charge is -2.16. The Labute approximate surface area is 134 Å². The minimum Gasteiger partial charge on any atom is -0.394 e. The van der Waals surface area contributed by atoms with Crippen LogP contribution in [0.2, 0.25) is 0 Å². The van der Waals surface area contributed by atoms with Gasteiger partial charge in [-0.25, -0.2) is 9.55 Å². The molecule has 0 bridgehead atoms. The maximum absolute atomic E-state index is 12.1. The van der Waals surface area contributed by atoms with Crippen LogP contribution in [0.4, 0.5) is 5.95 Å². The molecule has 0 aromatic carbocycles. The molecular weight excluding hydrogens is 345 g/mol. The second kappa shape index (κ2) is 5.92. The van der Waals surface area contributed by atoms with Crippen LogP contribution in [0.3, 0.4) is 0 Å². The highest BCUT2D eigenvalue weighted by molar-refractivity contribution is 7.46. The Balaban J connectivity index is 1.97. The molecule has 12 nitrogen and oxygen atoms in total. The number of ether oxygens (including phenoxy) is 1. The Morgan fingerprint density at radius 1 is 1.54 bits per heavy atom. The average molecular weight is 361 g/mol. The summed E-state index contributed by atoms with van der Waals surface area (Å²) in [4.78, 5) is 38.1. The van der Waals surface area contributed by atoms with Crippen molar-refractivity contribution in [3.63, 3.8) is 0 Å². The molecule has 1 aliphatic rings. The first kappa shape index (κ1) is 17.0. The minimum atomic E-state index is -4.74. The van der Waals surface area contributed by atoms with Crippen LogP contribution in [0, 0.1) is 0 Å². The second-order valence-electron chi connectivity index (χ2n) is 5.34. The smallest absolute Gasteiger partial charge is 0.394 e. The normalized spacial score (nSPS) is 24.8. The minimum absolute atomic E-state index is 0.0195. The molecule has 3 atom stereocenters. The first-order chi connectivity index (χ1) is 11.2. The number of aliphatic hydroxyl groups excluding tert-OH is 1. The van der Waals surface area contributed by atoms with Gasteiger partial charge in [-0.05, 0) is 0 Å². The molecule has 2 aromatic heterocycles. The van der Waals surface area contributed by atoms with Crippen molar-refractivity contribution in [2.24, 2.45) is 7.05 Å². The van der Waals surface area contributed by atoms with Crippen molar-refractivity contribution in [2.45, 2.75) is 24.9 Å². The third-order valence-electron chi connectivity index (χ3n) is 3.78. The van der Waals surface area contributed by atoms with Crippen LogP contribution in [0.25, 0.3) is 11.2 Å². The molecule has 3 rings (SSSR count). The molecule has 1 saturated heterocycles. The van der Waals surface area contributed by atoms with Crippen LogP contribution in [-0.2, 0) is 20.9 Å². The highest BCUT2D eigenvalue weighted by Crippen LogP contribution is 2.43. The van der Waals surface area contributed by atoms with Gasteiger partial charge >= 0.3 is 7.82 Å². The molecule has 0 unspecified atom stereocenters. The van der Waals surface area contributed by atoms with Gasteiger partial charge < -0.3 is 25.4 Å². The van der Waals surface area contributed by atoms with Gasteiger partial charge in [-0.2, -0.15) is 4.98 Å². The Hall–Kier alpha value is -1.82. The van der Waals surface area contributed by atoms with Crippen LogP contribution >= 0.6 is 7.82 Å². The van der Waals surface area contributed by atoms with Crippen molar-refractivity contribution in [1.29, 1.82) is 0 Å². The van der Waals surface area contributed by atoms with E-state index in [4.69, 9.17) is 20.3 Å². The van der Waals surface area contributed by atoms with Crippen LogP contribution in [0.5, 0.6) is 0 Å². The zero-order valence-corrected chi connectivity index (χ0v) is 13.4. The quantitative estimate of drug-likeness (QED) is 0.467. The Morgan fingerprint density at radius 3 is 2.88 bits per heavy atom. The van der Waals surface area contributed by atoms with E-state index in [-0.39, 0.29) is 23.5 Å².